The van der Waals surface area contributed by atoms with Crippen LogP contribution in [-0.2, 0) is 11.3 Å². The number of carbonyl (C=O) groups excluding carboxylic acids is 1. The third-order valence-corrected chi connectivity index (χ3v) is 6.65. The van der Waals surface area contributed by atoms with Crippen molar-refractivity contribution in [2.24, 2.45) is 5.73 Å². The molecule has 0 aliphatic heterocycles. The molecule has 0 aliphatic rings. The average Bonchev–Trinajstić information content (AvgIpc) is 3.57. The number of amidine groups is 1. The number of aromatic nitrogens is 1. The Bertz CT molecular complexity index is 1890. The topological polar surface area (TPSA) is 201 Å². The molecule has 13 nitrogen and oxygen atoms in total. The van der Waals surface area contributed by atoms with Crippen LogP contribution in [0.2, 0.25) is 0 Å². The van der Waals surface area contributed by atoms with Crippen LogP contribution in [0.15, 0.2) is 65.3 Å². The number of nitrogens with zero attached hydrogens (tertiary/aromatic N) is 2. The Kier molecular flexibility index (Phi) is 12.7. The molecule has 4 aromatic rings. The molecule has 2 heterocycles. The molecule has 272 valence electrons. The summed E-state index contributed by atoms with van der Waals surface area (Å²) in [6.45, 7) is 7.05. The van der Waals surface area contributed by atoms with Gasteiger partial charge in [0.25, 0.3) is 17.7 Å². The van der Waals surface area contributed by atoms with Crippen molar-refractivity contribution in [3.8, 4) is 23.3 Å². The summed E-state index contributed by atoms with van der Waals surface area (Å²) in [5, 5.41) is 27.3. The number of anilines is 1. The number of nitrogen functional groups attached to an aromatic ring is 1. The number of amides is 1. The van der Waals surface area contributed by atoms with Gasteiger partial charge >= 0.3 is 18.1 Å². The first-order valence-corrected chi connectivity index (χ1v) is 14.8. The molecule has 6 N–H and O–H groups in total. The Morgan fingerprint density at radius 1 is 0.941 bits per heavy atom. The quantitative estimate of drug-likeness (QED) is 0.0592. The van der Waals surface area contributed by atoms with Crippen molar-refractivity contribution in [3.63, 3.8) is 0 Å². The first-order valence-electron chi connectivity index (χ1n) is 14.8. The summed E-state index contributed by atoms with van der Waals surface area (Å²) >= 11 is 0. The number of benzene rings is 2. The third kappa shape index (κ3) is 10.2. The van der Waals surface area contributed by atoms with E-state index in [9.17, 15) is 27.9 Å². The molecule has 0 saturated heterocycles. The number of pyridine rings is 1. The van der Waals surface area contributed by atoms with Crippen LogP contribution >= 0.6 is 0 Å². The van der Waals surface area contributed by atoms with Crippen molar-refractivity contribution in [2.75, 3.05) is 4.90 Å². The second kappa shape index (κ2) is 16.5. The molecule has 18 heteroatoms. The minimum Gasteiger partial charge on any atom is -0.478 e. The summed E-state index contributed by atoms with van der Waals surface area (Å²) in [5.74, 6) is -8.59. The maximum Gasteiger partial charge on any atom is 0.490 e. The van der Waals surface area contributed by atoms with Crippen molar-refractivity contribution in [1.29, 1.82) is 5.41 Å². The van der Waals surface area contributed by atoms with Gasteiger partial charge in [-0.25, -0.2) is 9.59 Å². The summed E-state index contributed by atoms with van der Waals surface area (Å²) in [7, 11) is 0. The average molecular weight is 722 g/mol. The molecule has 1 amide bonds. The molecule has 0 bridgehead atoms. The van der Waals surface area contributed by atoms with Gasteiger partial charge < -0.3 is 40.1 Å². The van der Waals surface area contributed by atoms with E-state index in [2.05, 4.69) is 10.3 Å². The highest BCUT2D eigenvalue weighted by Gasteiger charge is 2.38. The third-order valence-electron chi connectivity index (χ3n) is 6.65. The lowest BCUT2D eigenvalue weighted by atomic mass is 10.1. The Balaban J connectivity index is 0.000000908. The van der Waals surface area contributed by atoms with Crippen LogP contribution in [0.4, 0.5) is 27.6 Å². The number of aliphatic carboxylic acids is 1. The smallest absolute Gasteiger partial charge is 0.478 e. The van der Waals surface area contributed by atoms with E-state index in [0.717, 1.165) is 6.07 Å². The highest BCUT2D eigenvalue weighted by Crippen LogP contribution is 2.40. The number of hydrogen-bond acceptors (Lipinski definition) is 9. The summed E-state index contributed by atoms with van der Waals surface area (Å²) in [4.78, 5) is 39.1. The van der Waals surface area contributed by atoms with E-state index in [0.29, 0.717) is 11.3 Å². The Morgan fingerprint density at radius 2 is 1.55 bits per heavy atom. The number of carboxylic acid groups (broad SMARTS) is 2. The molecule has 2 aromatic heterocycles. The number of nitrogens with one attached hydrogen (secondary N) is 2. The number of furan rings is 1. The first-order chi connectivity index (χ1) is 23.8. The van der Waals surface area contributed by atoms with Crippen LogP contribution in [-0.4, -0.2) is 57.1 Å². The molecule has 0 unspecified atom stereocenters. The predicted molar refractivity (Wildman–Crippen MR) is 171 cm³/mol. The SMILES string of the molecule is CC(C)N(c1c(F)c(Oc2cccc(C(=N)N)c2)nc(Oc2ccc(C(=O)NCc3ccco3)cc2C(=O)O)c1F)C(C)C.O=C(O)C(F)(F)F. The fraction of sp³-hybridized carbons (Fsp3) is 0.242. The van der Waals surface area contributed by atoms with E-state index in [1.54, 1.807) is 45.9 Å². The van der Waals surface area contributed by atoms with Crippen LogP contribution in [0.25, 0.3) is 0 Å². The van der Waals surface area contributed by atoms with Crippen molar-refractivity contribution in [3.05, 3.63) is 94.9 Å². The van der Waals surface area contributed by atoms with Crippen LogP contribution in [0.3, 0.4) is 0 Å². The molecule has 0 radical (unpaired) electrons. The first kappa shape index (κ1) is 39.2. The van der Waals surface area contributed by atoms with Crippen LogP contribution < -0.4 is 25.4 Å². The lowest BCUT2D eigenvalue weighted by Gasteiger charge is -2.33. The summed E-state index contributed by atoms with van der Waals surface area (Å²) in [5.41, 5.74) is 4.89. The largest absolute Gasteiger partial charge is 0.490 e. The predicted octanol–water partition coefficient (Wildman–Crippen LogP) is 6.71. The number of carbonyl (C=O) groups is 3. The fourth-order valence-electron chi connectivity index (χ4n) is 4.52. The van der Waals surface area contributed by atoms with Gasteiger partial charge in [0.1, 0.15) is 34.3 Å². The van der Waals surface area contributed by atoms with Gasteiger partial charge in [0.2, 0.25) is 11.6 Å². The number of aromatic carboxylic acids is 1. The van der Waals surface area contributed by atoms with Gasteiger partial charge in [-0.05, 0) is 70.2 Å². The number of rotatable bonds is 12. The van der Waals surface area contributed by atoms with Gasteiger partial charge in [-0.3, -0.25) is 10.2 Å². The molecule has 0 fully saturated rings. The fourth-order valence-corrected chi connectivity index (χ4v) is 4.52. The minimum atomic E-state index is -5.08. The molecular formula is C33H32F5N5O8. The van der Waals surface area contributed by atoms with E-state index >= 15 is 8.78 Å². The van der Waals surface area contributed by atoms with Gasteiger partial charge in [-0.15, -0.1) is 0 Å². The van der Waals surface area contributed by atoms with Crippen LogP contribution in [0.1, 0.15) is 59.7 Å². The molecule has 2 aromatic carbocycles. The number of nitrogens with two attached hydrogens (primary N) is 1. The van der Waals surface area contributed by atoms with E-state index in [1.165, 1.54) is 41.5 Å². The summed E-state index contributed by atoms with van der Waals surface area (Å²) in [6.07, 6.45) is -3.63. The molecule has 4 rings (SSSR count). The van der Waals surface area contributed by atoms with Gasteiger partial charge in [-0.1, -0.05) is 12.1 Å². The molecular weight excluding hydrogens is 689 g/mol. The van der Waals surface area contributed by atoms with Crippen molar-refractivity contribution >= 4 is 29.4 Å². The van der Waals surface area contributed by atoms with Gasteiger partial charge in [-0.2, -0.15) is 26.9 Å². The number of carboxylic acids is 2. The second-order valence-electron chi connectivity index (χ2n) is 11.0. The monoisotopic (exact) mass is 721 g/mol. The van der Waals surface area contributed by atoms with E-state index in [1.807, 2.05) is 0 Å². The second-order valence-corrected chi connectivity index (χ2v) is 11.0. The number of halogens is 5. The molecule has 0 atom stereocenters. The molecule has 0 aliphatic carbocycles. The highest BCUT2D eigenvalue weighted by atomic mass is 19.4. The Labute approximate surface area is 286 Å². The maximum absolute atomic E-state index is 16.1. The molecule has 0 spiro atoms. The normalized spacial score (nSPS) is 11.0. The lowest BCUT2D eigenvalue weighted by molar-refractivity contribution is -0.192. The van der Waals surface area contributed by atoms with E-state index in [4.69, 9.17) is 34.9 Å². The Morgan fingerprint density at radius 3 is 2.06 bits per heavy atom. The van der Waals surface area contributed by atoms with Gasteiger partial charge in [0.05, 0.1) is 12.8 Å². The zero-order valence-corrected chi connectivity index (χ0v) is 27.3. The summed E-state index contributed by atoms with van der Waals surface area (Å²) < 4.78 is 80.3. The lowest BCUT2D eigenvalue weighted by Crippen LogP contribution is -2.38. The van der Waals surface area contributed by atoms with Gasteiger partial charge in [0, 0.05) is 23.2 Å². The zero-order valence-electron chi connectivity index (χ0n) is 27.3. The Hall–Kier alpha value is -6.20. The van der Waals surface area contributed by atoms with Crippen molar-refractivity contribution in [1.82, 2.24) is 10.3 Å². The van der Waals surface area contributed by atoms with Gasteiger partial charge in [0.15, 0.2) is 0 Å². The number of ether oxygens (including phenoxy) is 2. The zero-order chi connectivity index (χ0) is 38.2. The molecule has 51 heavy (non-hydrogen) atoms. The molecule has 0 saturated carbocycles. The number of alkyl halides is 3. The van der Waals surface area contributed by atoms with Crippen molar-refractivity contribution in [2.45, 2.75) is 52.5 Å². The van der Waals surface area contributed by atoms with E-state index < -0.39 is 58.7 Å². The van der Waals surface area contributed by atoms with E-state index in [-0.39, 0.29) is 41.5 Å². The summed E-state index contributed by atoms with van der Waals surface area (Å²) in [6, 6.07) is 12.0. The maximum atomic E-state index is 16.1. The van der Waals surface area contributed by atoms with Crippen LogP contribution in [0.5, 0.6) is 23.3 Å². The standard InChI is InChI=1S/C31H31F2N5O6.C2HF3O2/c1-16(2)38(17(3)4)26-24(32)29(43-20-8-5-7-18(13-20)27(34)35)37-30(25(26)33)44-23-11-10-19(14-22(23)31(40)41)28(39)36-15-21-9-6-12-42-21;3-2(4,5)1(6)7/h5-14,16-17H,15H2,1-4H3,(H3,34,35)(H,36,39)(H,40,41);(H,6,7). The number of hydrogen-bond donors (Lipinski definition) is 5. The highest BCUT2D eigenvalue weighted by molar-refractivity contribution is 5.99. The van der Waals surface area contributed by atoms with Crippen LogP contribution in [0, 0.1) is 17.0 Å². The minimum absolute atomic E-state index is 0.00491. The van der Waals surface area contributed by atoms with Crippen molar-refractivity contribution < 1.29 is 60.4 Å².